The van der Waals surface area contributed by atoms with Gasteiger partial charge >= 0.3 is 0 Å². The number of fused-ring (bicyclic) bond motifs is 1. The van der Waals surface area contributed by atoms with Crippen LogP contribution >= 0.6 is 11.3 Å². The first-order chi connectivity index (χ1) is 10.1. The second kappa shape index (κ2) is 5.28. The third-order valence-electron chi connectivity index (χ3n) is 3.67. The summed E-state index contributed by atoms with van der Waals surface area (Å²) in [5.74, 6) is -0.821. The van der Waals surface area contributed by atoms with Gasteiger partial charge < -0.3 is 16.4 Å². The van der Waals surface area contributed by atoms with Gasteiger partial charge in [-0.15, -0.1) is 11.3 Å². The minimum atomic E-state index is -0.361. The van der Waals surface area contributed by atoms with Gasteiger partial charge in [0.2, 0.25) is 5.91 Å². The number of hydrogen-bond acceptors (Lipinski definition) is 6. The molecule has 1 aliphatic heterocycles. The van der Waals surface area contributed by atoms with Gasteiger partial charge in [0, 0.05) is 25.5 Å². The highest BCUT2D eigenvalue weighted by molar-refractivity contribution is 7.21. The quantitative estimate of drug-likeness (QED) is 0.843. The first-order valence-electron chi connectivity index (χ1n) is 6.65. The number of anilines is 1. The normalized spacial score (nSPS) is 18.9. The van der Waals surface area contributed by atoms with Gasteiger partial charge in [-0.1, -0.05) is 0 Å². The molecule has 1 fully saturated rings. The van der Waals surface area contributed by atoms with E-state index in [4.69, 9.17) is 11.5 Å². The Labute approximate surface area is 125 Å². The molecule has 2 amide bonds. The van der Waals surface area contributed by atoms with Gasteiger partial charge in [0.15, 0.2) is 0 Å². The van der Waals surface area contributed by atoms with Crippen molar-refractivity contribution in [1.29, 1.82) is 0 Å². The van der Waals surface area contributed by atoms with Crippen LogP contribution in [0.4, 0.5) is 5.69 Å². The number of primary amides is 1. The molecule has 0 radical (unpaired) electrons. The summed E-state index contributed by atoms with van der Waals surface area (Å²) in [6.45, 7) is 0.958. The molecule has 0 bridgehead atoms. The molecule has 21 heavy (non-hydrogen) atoms. The largest absolute Gasteiger partial charge is 0.396 e. The van der Waals surface area contributed by atoms with E-state index in [1.54, 1.807) is 17.3 Å². The maximum atomic E-state index is 12.6. The average molecular weight is 305 g/mol. The Kier molecular flexibility index (Phi) is 3.46. The molecule has 2 aromatic heterocycles. The first kappa shape index (κ1) is 13.7. The summed E-state index contributed by atoms with van der Waals surface area (Å²) in [5, 5.41) is 0. The second-order valence-electron chi connectivity index (χ2n) is 5.05. The second-order valence-corrected chi connectivity index (χ2v) is 6.05. The number of nitrogens with zero attached hydrogens (tertiary/aromatic N) is 3. The summed E-state index contributed by atoms with van der Waals surface area (Å²) in [5.41, 5.74) is 12.3. The number of piperidine rings is 1. The van der Waals surface area contributed by atoms with Gasteiger partial charge in [0.05, 0.1) is 11.6 Å². The maximum Gasteiger partial charge on any atom is 0.266 e. The molecule has 0 aromatic carbocycles. The molecular formula is C13H15N5O2S. The van der Waals surface area contributed by atoms with Crippen LogP contribution in [0.1, 0.15) is 22.5 Å². The van der Waals surface area contributed by atoms with Crippen molar-refractivity contribution in [3.05, 3.63) is 17.3 Å². The number of carbonyl (C=O) groups is 2. The van der Waals surface area contributed by atoms with Crippen molar-refractivity contribution < 1.29 is 9.59 Å². The molecule has 4 N–H and O–H groups in total. The Bertz CT molecular complexity index is 714. The average Bonchev–Trinajstić information content (AvgIpc) is 2.84. The van der Waals surface area contributed by atoms with E-state index in [-0.39, 0.29) is 17.7 Å². The molecule has 8 heteroatoms. The van der Waals surface area contributed by atoms with Gasteiger partial charge in [-0.3, -0.25) is 9.59 Å². The van der Waals surface area contributed by atoms with Gasteiger partial charge in [-0.25, -0.2) is 9.97 Å². The molecule has 1 saturated heterocycles. The van der Waals surface area contributed by atoms with Crippen molar-refractivity contribution >= 4 is 39.2 Å². The number of nitrogen functional groups attached to an aromatic ring is 1. The van der Waals surface area contributed by atoms with Gasteiger partial charge in [-0.2, -0.15) is 0 Å². The van der Waals surface area contributed by atoms with Crippen molar-refractivity contribution in [2.75, 3.05) is 18.8 Å². The topological polar surface area (TPSA) is 115 Å². The van der Waals surface area contributed by atoms with E-state index in [1.165, 1.54) is 11.3 Å². The molecule has 0 saturated carbocycles. The molecule has 3 heterocycles. The summed E-state index contributed by atoms with van der Waals surface area (Å²) in [6.07, 6.45) is 4.60. The van der Waals surface area contributed by atoms with Crippen molar-refractivity contribution in [2.24, 2.45) is 11.7 Å². The Balaban J connectivity index is 1.90. The van der Waals surface area contributed by atoms with Crippen molar-refractivity contribution in [3.63, 3.8) is 0 Å². The molecule has 110 valence electrons. The standard InChI is InChI=1S/C13H15N5O2S/c14-8-9-12(17-4-3-16-9)21-10(8)13(20)18-5-1-2-7(6-18)11(15)19/h3-4,7H,1-2,5-6,14H2,(H2,15,19). The van der Waals surface area contributed by atoms with E-state index < -0.39 is 0 Å². The number of nitrogens with two attached hydrogens (primary N) is 2. The minimum Gasteiger partial charge on any atom is -0.396 e. The van der Waals surface area contributed by atoms with Crippen molar-refractivity contribution in [2.45, 2.75) is 12.8 Å². The number of hydrogen-bond donors (Lipinski definition) is 2. The fraction of sp³-hybridized carbons (Fsp3) is 0.385. The zero-order chi connectivity index (χ0) is 15.0. The highest BCUT2D eigenvalue weighted by Crippen LogP contribution is 2.32. The number of aromatic nitrogens is 2. The Hall–Kier alpha value is -2.22. The molecule has 3 rings (SSSR count). The summed E-state index contributed by atoms with van der Waals surface area (Å²) < 4.78 is 0. The van der Waals surface area contributed by atoms with Crippen LogP contribution < -0.4 is 11.5 Å². The summed E-state index contributed by atoms with van der Waals surface area (Å²) in [4.78, 5) is 34.9. The van der Waals surface area contributed by atoms with E-state index in [0.29, 0.717) is 34.0 Å². The lowest BCUT2D eigenvalue weighted by molar-refractivity contribution is -0.123. The highest BCUT2D eigenvalue weighted by atomic mass is 32.1. The summed E-state index contributed by atoms with van der Waals surface area (Å²) in [6, 6.07) is 0. The predicted octanol–water partition coefficient (Wildman–Crippen LogP) is 0.611. The third kappa shape index (κ3) is 2.42. The van der Waals surface area contributed by atoms with E-state index in [1.807, 2.05) is 0 Å². The first-order valence-corrected chi connectivity index (χ1v) is 7.47. The predicted molar refractivity (Wildman–Crippen MR) is 79.6 cm³/mol. The van der Waals surface area contributed by atoms with Crippen LogP contribution in [-0.2, 0) is 4.79 Å². The van der Waals surface area contributed by atoms with Crippen molar-refractivity contribution in [1.82, 2.24) is 14.9 Å². The number of thiophene rings is 1. The smallest absolute Gasteiger partial charge is 0.266 e. The number of carbonyl (C=O) groups excluding carboxylic acids is 2. The van der Waals surface area contributed by atoms with E-state index >= 15 is 0 Å². The molecule has 2 aromatic rings. The molecule has 1 atom stereocenters. The van der Waals surface area contributed by atoms with Crippen LogP contribution in [0.25, 0.3) is 10.3 Å². The lowest BCUT2D eigenvalue weighted by Crippen LogP contribution is -2.44. The Morgan fingerprint density at radius 2 is 2.10 bits per heavy atom. The molecular weight excluding hydrogens is 290 g/mol. The summed E-state index contributed by atoms with van der Waals surface area (Å²) in [7, 11) is 0. The van der Waals surface area contributed by atoms with Gasteiger partial charge in [0.25, 0.3) is 5.91 Å². The van der Waals surface area contributed by atoms with E-state index in [2.05, 4.69) is 9.97 Å². The SMILES string of the molecule is NC(=O)C1CCCN(C(=O)c2sc3nccnc3c2N)C1. The van der Waals surface area contributed by atoms with E-state index in [9.17, 15) is 9.59 Å². The van der Waals surface area contributed by atoms with Crippen LogP contribution in [0.15, 0.2) is 12.4 Å². The van der Waals surface area contributed by atoms with Crippen LogP contribution in [0.3, 0.4) is 0 Å². The molecule has 7 nitrogen and oxygen atoms in total. The molecule has 1 unspecified atom stereocenters. The lowest BCUT2D eigenvalue weighted by atomic mass is 9.97. The zero-order valence-electron chi connectivity index (χ0n) is 11.3. The Morgan fingerprint density at radius 1 is 1.33 bits per heavy atom. The minimum absolute atomic E-state index is 0.178. The molecule has 0 aliphatic carbocycles. The Morgan fingerprint density at radius 3 is 2.81 bits per heavy atom. The van der Waals surface area contributed by atoms with Crippen LogP contribution in [0.2, 0.25) is 0 Å². The summed E-state index contributed by atoms with van der Waals surface area (Å²) >= 11 is 1.23. The molecule has 0 spiro atoms. The van der Waals surface area contributed by atoms with Crippen LogP contribution in [-0.4, -0.2) is 39.8 Å². The van der Waals surface area contributed by atoms with Gasteiger partial charge in [0.1, 0.15) is 15.2 Å². The van der Waals surface area contributed by atoms with Crippen LogP contribution in [0.5, 0.6) is 0 Å². The van der Waals surface area contributed by atoms with E-state index in [0.717, 1.165) is 12.8 Å². The van der Waals surface area contributed by atoms with Gasteiger partial charge in [-0.05, 0) is 12.8 Å². The zero-order valence-corrected chi connectivity index (χ0v) is 12.1. The fourth-order valence-corrected chi connectivity index (χ4v) is 3.53. The fourth-order valence-electron chi connectivity index (χ4n) is 2.54. The van der Waals surface area contributed by atoms with Crippen molar-refractivity contribution in [3.8, 4) is 0 Å². The van der Waals surface area contributed by atoms with Crippen LogP contribution in [0, 0.1) is 5.92 Å². The lowest BCUT2D eigenvalue weighted by Gasteiger charge is -2.30. The highest BCUT2D eigenvalue weighted by Gasteiger charge is 2.30. The maximum absolute atomic E-state index is 12.6. The third-order valence-corrected chi connectivity index (χ3v) is 4.76. The molecule has 1 aliphatic rings. The number of amides is 2. The number of likely N-dealkylation sites (tertiary alicyclic amines) is 1. The monoisotopic (exact) mass is 305 g/mol. The number of rotatable bonds is 2.